The molecular formula is C15H32N2. The molecule has 0 aromatic carbocycles. The van der Waals surface area contributed by atoms with E-state index in [0.717, 1.165) is 18.4 Å². The van der Waals surface area contributed by atoms with Gasteiger partial charge in [-0.15, -0.1) is 0 Å². The highest BCUT2D eigenvalue weighted by atomic mass is 15.1. The van der Waals surface area contributed by atoms with E-state index in [2.05, 4.69) is 45.1 Å². The van der Waals surface area contributed by atoms with Crippen molar-refractivity contribution in [2.75, 3.05) is 20.6 Å². The second-order valence-corrected chi connectivity index (χ2v) is 6.49. The Morgan fingerprint density at radius 3 is 2.18 bits per heavy atom. The largest absolute Gasteiger partial charge is 0.312 e. The lowest BCUT2D eigenvalue weighted by molar-refractivity contribution is 0.232. The minimum Gasteiger partial charge on any atom is -0.312 e. The van der Waals surface area contributed by atoms with E-state index in [-0.39, 0.29) is 0 Å². The first kappa shape index (κ1) is 15.0. The predicted molar refractivity (Wildman–Crippen MR) is 76.4 cm³/mol. The maximum Gasteiger partial charge on any atom is 0.0217 e. The van der Waals surface area contributed by atoms with Gasteiger partial charge in [0.05, 0.1) is 0 Å². The standard InChI is InChI=1S/C15H32N2/c1-12(2)10-15(17(4)5)11-16-13(3)14-8-6-7-9-14/h12-16H,6-11H2,1-5H3. The molecule has 1 rings (SSSR count). The number of hydrogen-bond donors (Lipinski definition) is 1. The lowest BCUT2D eigenvalue weighted by Crippen LogP contribution is -2.43. The van der Waals surface area contributed by atoms with Crippen molar-refractivity contribution < 1.29 is 0 Å². The van der Waals surface area contributed by atoms with Gasteiger partial charge in [0.2, 0.25) is 0 Å². The summed E-state index contributed by atoms with van der Waals surface area (Å²) in [6, 6.07) is 1.38. The quantitative estimate of drug-likeness (QED) is 0.735. The molecule has 2 nitrogen and oxygen atoms in total. The first-order valence-electron chi connectivity index (χ1n) is 7.40. The van der Waals surface area contributed by atoms with Crippen molar-refractivity contribution in [3.8, 4) is 0 Å². The van der Waals surface area contributed by atoms with E-state index in [9.17, 15) is 0 Å². The molecular weight excluding hydrogens is 208 g/mol. The van der Waals surface area contributed by atoms with E-state index in [4.69, 9.17) is 0 Å². The lowest BCUT2D eigenvalue weighted by atomic mass is 9.98. The predicted octanol–water partition coefficient (Wildman–Crippen LogP) is 3.13. The summed E-state index contributed by atoms with van der Waals surface area (Å²) in [5.41, 5.74) is 0. The average Bonchev–Trinajstić information content (AvgIpc) is 2.76. The van der Waals surface area contributed by atoms with Crippen LogP contribution in [0.5, 0.6) is 0 Å². The Labute approximate surface area is 108 Å². The third kappa shape index (κ3) is 5.39. The van der Waals surface area contributed by atoms with Gasteiger partial charge in [-0.25, -0.2) is 0 Å². The van der Waals surface area contributed by atoms with Gasteiger partial charge >= 0.3 is 0 Å². The number of rotatable bonds is 7. The van der Waals surface area contributed by atoms with Crippen molar-refractivity contribution in [1.82, 2.24) is 10.2 Å². The zero-order valence-electron chi connectivity index (χ0n) is 12.5. The Morgan fingerprint density at radius 2 is 1.71 bits per heavy atom. The van der Waals surface area contributed by atoms with Crippen LogP contribution in [0.15, 0.2) is 0 Å². The lowest BCUT2D eigenvalue weighted by Gasteiger charge is -2.29. The fraction of sp³-hybridized carbons (Fsp3) is 1.00. The van der Waals surface area contributed by atoms with E-state index in [1.807, 2.05) is 0 Å². The van der Waals surface area contributed by atoms with Gasteiger partial charge in [-0.1, -0.05) is 26.7 Å². The molecule has 1 fully saturated rings. The van der Waals surface area contributed by atoms with Gasteiger partial charge < -0.3 is 10.2 Å². The van der Waals surface area contributed by atoms with E-state index in [1.165, 1.54) is 32.1 Å². The third-order valence-corrected chi connectivity index (χ3v) is 4.26. The highest BCUT2D eigenvalue weighted by Gasteiger charge is 2.22. The molecule has 0 bridgehead atoms. The Hall–Kier alpha value is -0.0800. The molecule has 2 atom stereocenters. The maximum atomic E-state index is 3.77. The monoisotopic (exact) mass is 240 g/mol. The molecule has 2 unspecified atom stereocenters. The average molecular weight is 240 g/mol. The summed E-state index contributed by atoms with van der Waals surface area (Å²) in [6.45, 7) is 8.15. The fourth-order valence-corrected chi connectivity index (χ4v) is 2.97. The Bertz CT molecular complexity index is 195. The molecule has 17 heavy (non-hydrogen) atoms. The minimum atomic E-state index is 0.679. The normalized spacial score (nSPS) is 21.4. The summed E-state index contributed by atoms with van der Waals surface area (Å²) in [5.74, 6) is 1.71. The van der Waals surface area contributed by atoms with Crippen LogP contribution in [0.4, 0.5) is 0 Å². The van der Waals surface area contributed by atoms with Gasteiger partial charge in [-0.2, -0.15) is 0 Å². The van der Waals surface area contributed by atoms with E-state index >= 15 is 0 Å². The van der Waals surface area contributed by atoms with Crippen molar-refractivity contribution in [2.24, 2.45) is 11.8 Å². The summed E-state index contributed by atoms with van der Waals surface area (Å²) < 4.78 is 0. The molecule has 2 heteroatoms. The fourth-order valence-electron chi connectivity index (χ4n) is 2.97. The van der Waals surface area contributed by atoms with E-state index in [0.29, 0.717) is 12.1 Å². The van der Waals surface area contributed by atoms with Gasteiger partial charge in [0.15, 0.2) is 0 Å². The van der Waals surface area contributed by atoms with Crippen molar-refractivity contribution in [3.05, 3.63) is 0 Å². The van der Waals surface area contributed by atoms with Crippen LogP contribution in [0, 0.1) is 11.8 Å². The van der Waals surface area contributed by atoms with Gasteiger partial charge in [0, 0.05) is 18.6 Å². The highest BCUT2D eigenvalue weighted by molar-refractivity contribution is 4.80. The van der Waals surface area contributed by atoms with Crippen molar-refractivity contribution >= 4 is 0 Å². The minimum absolute atomic E-state index is 0.679. The van der Waals surface area contributed by atoms with Gasteiger partial charge in [-0.05, 0) is 52.1 Å². The smallest absolute Gasteiger partial charge is 0.0217 e. The van der Waals surface area contributed by atoms with Gasteiger partial charge in [0.1, 0.15) is 0 Å². The third-order valence-electron chi connectivity index (χ3n) is 4.26. The number of hydrogen-bond acceptors (Lipinski definition) is 2. The molecule has 0 aliphatic heterocycles. The number of likely N-dealkylation sites (N-methyl/N-ethyl adjacent to an activating group) is 1. The SMILES string of the molecule is CC(C)CC(CNC(C)C1CCCC1)N(C)C. The van der Waals surface area contributed by atoms with Crippen LogP contribution < -0.4 is 5.32 Å². The van der Waals surface area contributed by atoms with Crippen LogP contribution >= 0.6 is 0 Å². The molecule has 0 spiro atoms. The second kappa shape index (κ2) is 7.38. The van der Waals surface area contributed by atoms with E-state index in [1.54, 1.807) is 0 Å². The molecule has 0 aromatic rings. The zero-order chi connectivity index (χ0) is 12.8. The summed E-state index contributed by atoms with van der Waals surface area (Å²) >= 11 is 0. The van der Waals surface area contributed by atoms with Crippen molar-refractivity contribution in [3.63, 3.8) is 0 Å². The van der Waals surface area contributed by atoms with Gasteiger partial charge in [0.25, 0.3) is 0 Å². The van der Waals surface area contributed by atoms with Crippen LogP contribution in [0.2, 0.25) is 0 Å². The number of nitrogens with one attached hydrogen (secondary N) is 1. The maximum absolute atomic E-state index is 3.77. The highest BCUT2D eigenvalue weighted by Crippen LogP contribution is 2.27. The van der Waals surface area contributed by atoms with Crippen LogP contribution in [0.1, 0.15) is 52.9 Å². The molecule has 1 N–H and O–H groups in total. The Balaban J connectivity index is 2.29. The molecule has 1 aliphatic rings. The first-order chi connectivity index (χ1) is 8.00. The molecule has 1 saturated carbocycles. The summed E-state index contributed by atoms with van der Waals surface area (Å²) in [6.07, 6.45) is 7.05. The molecule has 0 aromatic heterocycles. The van der Waals surface area contributed by atoms with Crippen molar-refractivity contribution in [2.45, 2.75) is 65.0 Å². The first-order valence-corrected chi connectivity index (χ1v) is 7.40. The topological polar surface area (TPSA) is 15.3 Å². The van der Waals surface area contributed by atoms with Crippen molar-refractivity contribution in [1.29, 1.82) is 0 Å². The molecule has 0 saturated heterocycles. The molecule has 0 heterocycles. The van der Waals surface area contributed by atoms with Crippen LogP contribution in [0.3, 0.4) is 0 Å². The van der Waals surface area contributed by atoms with Crippen LogP contribution in [-0.4, -0.2) is 37.6 Å². The molecule has 102 valence electrons. The summed E-state index contributed by atoms with van der Waals surface area (Å²) in [5, 5.41) is 3.77. The summed E-state index contributed by atoms with van der Waals surface area (Å²) in [7, 11) is 4.41. The zero-order valence-corrected chi connectivity index (χ0v) is 12.5. The second-order valence-electron chi connectivity index (χ2n) is 6.49. The van der Waals surface area contributed by atoms with E-state index < -0.39 is 0 Å². The molecule has 0 radical (unpaired) electrons. The van der Waals surface area contributed by atoms with Crippen LogP contribution in [0.25, 0.3) is 0 Å². The van der Waals surface area contributed by atoms with Crippen LogP contribution in [-0.2, 0) is 0 Å². The molecule has 0 amide bonds. The molecule has 1 aliphatic carbocycles. The summed E-state index contributed by atoms with van der Waals surface area (Å²) in [4.78, 5) is 2.37. The number of nitrogens with zero attached hydrogens (tertiary/aromatic N) is 1. The van der Waals surface area contributed by atoms with Gasteiger partial charge in [-0.3, -0.25) is 0 Å². The Morgan fingerprint density at radius 1 is 1.12 bits per heavy atom. The Kier molecular flexibility index (Phi) is 6.50.